The van der Waals surface area contributed by atoms with Crippen LogP contribution in [0.2, 0.25) is 0 Å². The van der Waals surface area contributed by atoms with Crippen LogP contribution < -0.4 is 10.6 Å². The van der Waals surface area contributed by atoms with E-state index >= 15 is 0 Å². The molecule has 2 amide bonds. The van der Waals surface area contributed by atoms with Crippen molar-refractivity contribution in [2.45, 2.75) is 71.9 Å². The molecule has 5 heteroatoms. The molecule has 0 bridgehead atoms. The zero-order valence-electron chi connectivity index (χ0n) is 15.8. The molecule has 4 nitrogen and oxygen atoms in total. The van der Waals surface area contributed by atoms with E-state index in [1.165, 1.54) is 0 Å². The minimum Gasteiger partial charge on any atom is -0.358 e. The number of carbonyl (C=O) groups is 2. The van der Waals surface area contributed by atoms with Gasteiger partial charge in [-0.2, -0.15) is 0 Å². The van der Waals surface area contributed by atoms with Crippen LogP contribution in [-0.2, 0) is 31.3 Å². The third kappa shape index (κ3) is 6.58. The van der Waals surface area contributed by atoms with Crippen molar-refractivity contribution in [3.8, 4) is 0 Å². The molecule has 4 atom stereocenters. The van der Waals surface area contributed by atoms with Gasteiger partial charge in [0, 0.05) is 12.1 Å². The number of carbonyl (C=O) groups excluding carboxylic acids is 2. The largest absolute Gasteiger partial charge is 2.00 e. The quantitative estimate of drug-likeness (QED) is 0.396. The van der Waals surface area contributed by atoms with E-state index in [1.807, 2.05) is 0 Å². The standard InChI is InChI=1S/C16H30N2O2.2CH3.Ti/c1-5-12(3)16(13(4)6-2)8-14(17-10-19)7-15(9-16)18-11-20;;;/h10-15H,5-9H2,1-4H3,(H,17,19)(H,18,20);2*1H3;/q;2*-1;+2. The fourth-order valence-corrected chi connectivity index (χ4v) is 4.06. The molecule has 134 valence electrons. The molecule has 0 heterocycles. The van der Waals surface area contributed by atoms with Crippen molar-refractivity contribution < 1.29 is 31.3 Å². The van der Waals surface area contributed by atoms with Crippen LogP contribution >= 0.6 is 0 Å². The maximum Gasteiger partial charge on any atom is 2.00 e. The van der Waals surface area contributed by atoms with Gasteiger partial charge in [0.1, 0.15) is 0 Å². The van der Waals surface area contributed by atoms with Crippen LogP contribution in [0.5, 0.6) is 0 Å². The smallest absolute Gasteiger partial charge is 0.358 e. The summed E-state index contributed by atoms with van der Waals surface area (Å²) in [5.74, 6) is 1.18. The van der Waals surface area contributed by atoms with Crippen molar-refractivity contribution in [2.75, 3.05) is 0 Å². The number of rotatable bonds is 8. The third-order valence-electron chi connectivity index (χ3n) is 5.62. The van der Waals surface area contributed by atoms with E-state index in [2.05, 4.69) is 38.3 Å². The Hall–Kier alpha value is -0.346. The molecule has 0 saturated heterocycles. The van der Waals surface area contributed by atoms with Gasteiger partial charge in [-0.1, -0.05) is 40.5 Å². The first kappa shape index (κ1) is 27.5. The summed E-state index contributed by atoms with van der Waals surface area (Å²) in [5.41, 5.74) is 0.198. The molecule has 0 spiro atoms. The normalized spacial score (nSPS) is 28.7. The predicted molar refractivity (Wildman–Crippen MR) is 94.0 cm³/mol. The van der Waals surface area contributed by atoms with Crippen LogP contribution in [0.15, 0.2) is 0 Å². The van der Waals surface area contributed by atoms with Crippen LogP contribution in [0.25, 0.3) is 0 Å². The van der Waals surface area contributed by atoms with Gasteiger partial charge in [0.15, 0.2) is 0 Å². The van der Waals surface area contributed by atoms with Crippen LogP contribution in [0, 0.1) is 32.1 Å². The van der Waals surface area contributed by atoms with Gasteiger partial charge in [0.05, 0.1) is 0 Å². The van der Waals surface area contributed by atoms with Crippen molar-refractivity contribution >= 4 is 12.8 Å². The van der Waals surface area contributed by atoms with Gasteiger partial charge >= 0.3 is 21.7 Å². The minimum absolute atomic E-state index is 0. The van der Waals surface area contributed by atoms with Crippen LogP contribution in [0.1, 0.15) is 59.8 Å². The maximum absolute atomic E-state index is 10.8. The first-order chi connectivity index (χ1) is 9.53. The SMILES string of the molecule is CCC(C)C1(C(C)CC)CC(NC=O)CC(NC=O)C1.[CH3-].[CH3-].[Ti+2]. The summed E-state index contributed by atoms with van der Waals surface area (Å²) >= 11 is 0. The maximum atomic E-state index is 10.8. The van der Waals surface area contributed by atoms with Gasteiger partial charge in [-0.15, -0.1) is 0 Å². The Balaban J connectivity index is -0.00000133. The summed E-state index contributed by atoms with van der Waals surface area (Å²) in [7, 11) is 0. The van der Waals surface area contributed by atoms with Crippen LogP contribution in [0.4, 0.5) is 0 Å². The summed E-state index contributed by atoms with van der Waals surface area (Å²) < 4.78 is 0. The summed E-state index contributed by atoms with van der Waals surface area (Å²) in [6.45, 7) is 9.09. The van der Waals surface area contributed by atoms with Crippen molar-refractivity contribution in [2.24, 2.45) is 17.3 Å². The molecule has 1 saturated carbocycles. The Bertz CT molecular complexity index is 296. The Labute approximate surface area is 158 Å². The molecular formula is C18H36N2O2Ti. The van der Waals surface area contributed by atoms with Gasteiger partial charge in [-0.25, -0.2) is 0 Å². The van der Waals surface area contributed by atoms with Gasteiger partial charge in [0.25, 0.3) is 0 Å². The first-order valence-corrected chi connectivity index (χ1v) is 7.93. The molecule has 0 aromatic heterocycles. The molecule has 1 rings (SSSR count). The van der Waals surface area contributed by atoms with Crippen LogP contribution in [0.3, 0.4) is 0 Å². The number of hydrogen-bond acceptors (Lipinski definition) is 2. The average Bonchev–Trinajstić information content (AvgIpc) is 2.45. The van der Waals surface area contributed by atoms with Crippen molar-refractivity contribution in [1.82, 2.24) is 10.6 Å². The molecule has 0 aromatic carbocycles. The molecule has 2 N–H and O–H groups in total. The summed E-state index contributed by atoms with van der Waals surface area (Å²) in [5, 5.41) is 5.90. The average molecular weight is 360 g/mol. The fraction of sp³-hybridized carbons (Fsp3) is 0.778. The van der Waals surface area contributed by atoms with Crippen molar-refractivity contribution in [3.05, 3.63) is 14.9 Å². The Kier molecular flexibility index (Phi) is 15.5. The van der Waals surface area contributed by atoms with Gasteiger partial charge in [0.2, 0.25) is 12.8 Å². The van der Waals surface area contributed by atoms with E-state index in [0.29, 0.717) is 11.8 Å². The molecule has 1 aliphatic carbocycles. The van der Waals surface area contributed by atoms with E-state index in [4.69, 9.17) is 0 Å². The molecule has 1 fully saturated rings. The van der Waals surface area contributed by atoms with E-state index in [-0.39, 0.29) is 54.1 Å². The Morgan fingerprint density at radius 1 is 0.957 bits per heavy atom. The van der Waals surface area contributed by atoms with E-state index < -0.39 is 0 Å². The van der Waals surface area contributed by atoms with E-state index in [9.17, 15) is 9.59 Å². The van der Waals surface area contributed by atoms with Gasteiger partial charge in [-0.05, 0) is 36.5 Å². The Morgan fingerprint density at radius 2 is 1.30 bits per heavy atom. The number of nitrogens with one attached hydrogen (secondary N) is 2. The van der Waals surface area contributed by atoms with Crippen molar-refractivity contribution in [1.29, 1.82) is 0 Å². The zero-order valence-corrected chi connectivity index (χ0v) is 17.4. The monoisotopic (exact) mass is 360 g/mol. The molecule has 1 aliphatic rings. The fourth-order valence-electron chi connectivity index (χ4n) is 4.06. The predicted octanol–water partition coefficient (Wildman–Crippen LogP) is 3.38. The molecule has 0 aromatic rings. The number of amides is 2. The summed E-state index contributed by atoms with van der Waals surface area (Å²) in [6.07, 6.45) is 6.74. The molecule has 0 radical (unpaired) electrons. The summed E-state index contributed by atoms with van der Waals surface area (Å²) in [4.78, 5) is 21.7. The summed E-state index contributed by atoms with van der Waals surface area (Å²) in [6, 6.07) is 0.336. The van der Waals surface area contributed by atoms with E-state index in [0.717, 1.165) is 44.9 Å². The molecule has 4 unspecified atom stereocenters. The zero-order chi connectivity index (χ0) is 15.2. The van der Waals surface area contributed by atoms with Gasteiger partial charge < -0.3 is 25.5 Å². The number of hydrogen-bond donors (Lipinski definition) is 2. The van der Waals surface area contributed by atoms with Crippen molar-refractivity contribution in [3.63, 3.8) is 0 Å². The molecule has 0 aliphatic heterocycles. The first-order valence-electron chi connectivity index (χ1n) is 7.93. The van der Waals surface area contributed by atoms with E-state index in [1.54, 1.807) is 0 Å². The van der Waals surface area contributed by atoms with Crippen LogP contribution in [-0.4, -0.2) is 24.9 Å². The second kappa shape index (κ2) is 13.0. The second-order valence-electron chi connectivity index (χ2n) is 6.46. The van der Waals surface area contributed by atoms with Gasteiger partial charge in [-0.3, -0.25) is 9.59 Å². The second-order valence-corrected chi connectivity index (χ2v) is 6.46. The minimum atomic E-state index is 0. The molecule has 23 heavy (non-hydrogen) atoms. The molecular weight excluding hydrogens is 324 g/mol. The topological polar surface area (TPSA) is 58.2 Å². The third-order valence-corrected chi connectivity index (χ3v) is 5.62. The Morgan fingerprint density at radius 3 is 1.57 bits per heavy atom.